The molecule has 7 nitrogen and oxygen atoms in total. The number of hydrogen-bond acceptors (Lipinski definition) is 6. The number of benzene rings is 3. The molecule has 0 atom stereocenters. The summed E-state index contributed by atoms with van der Waals surface area (Å²) in [5.41, 5.74) is 2.60. The molecule has 1 fully saturated rings. The first-order valence-electron chi connectivity index (χ1n) is 12.8. The van der Waals surface area contributed by atoms with Gasteiger partial charge in [0.1, 0.15) is 5.82 Å². The van der Waals surface area contributed by atoms with Crippen LogP contribution < -0.4 is 19.3 Å². The second kappa shape index (κ2) is 11.4. The van der Waals surface area contributed by atoms with Gasteiger partial charge in [0.2, 0.25) is 0 Å². The fourth-order valence-corrected chi connectivity index (χ4v) is 5.86. The van der Waals surface area contributed by atoms with Crippen molar-refractivity contribution in [3.05, 3.63) is 82.5 Å². The van der Waals surface area contributed by atoms with Gasteiger partial charge < -0.3 is 24.2 Å². The molecule has 0 N–H and O–H groups in total. The van der Waals surface area contributed by atoms with E-state index >= 15 is 0 Å². The number of nitrogens with zero attached hydrogens (tertiary/aromatic N) is 3. The Hall–Kier alpha value is -3.98. The van der Waals surface area contributed by atoms with E-state index in [0.29, 0.717) is 66.1 Å². The van der Waals surface area contributed by atoms with Gasteiger partial charge in [0.05, 0.1) is 30.0 Å². The van der Waals surface area contributed by atoms with E-state index in [4.69, 9.17) is 9.47 Å². The summed E-state index contributed by atoms with van der Waals surface area (Å²) < 4.78 is 25.2. The van der Waals surface area contributed by atoms with Crippen molar-refractivity contribution in [1.82, 2.24) is 4.90 Å². The average Bonchev–Trinajstić information content (AvgIpc) is 2.96. The molecular weight excluding hydrogens is 517 g/mol. The van der Waals surface area contributed by atoms with Crippen LogP contribution in [0.2, 0.25) is 0 Å². The zero-order chi connectivity index (χ0) is 27.5. The van der Waals surface area contributed by atoms with Crippen LogP contribution in [-0.2, 0) is 4.79 Å². The summed E-state index contributed by atoms with van der Waals surface area (Å²) in [7, 11) is 3.30. The third-order valence-corrected chi connectivity index (χ3v) is 7.93. The van der Waals surface area contributed by atoms with Gasteiger partial charge in [0.15, 0.2) is 11.5 Å². The molecule has 2 amide bonds. The smallest absolute Gasteiger partial charge is 0.264 e. The number of hydrogen-bond donors (Lipinski definition) is 0. The number of para-hydroxylation sites is 1. The Balaban J connectivity index is 1.31. The van der Waals surface area contributed by atoms with Crippen LogP contribution >= 0.6 is 11.8 Å². The van der Waals surface area contributed by atoms with Gasteiger partial charge >= 0.3 is 0 Å². The lowest BCUT2D eigenvalue weighted by atomic mass is 10.1. The Labute approximate surface area is 231 Å². The van der Waals surface area contributed by atoms with E-state index in [1.54, 1.807) is 48.2 Å². The first-order chi connectivity index (χ1) is 18.9. The third kappa shape index (κ3) is 5.45. The lowest BCUT2D eigenvalue weighted by Gasteiger charge is -2.36. The summed E-state index contributed by atoms with van der Waals surface area (Å²) in [4.78, 5) is 33.3. The van der Waals surface area contributed by atoms with Gasteiger partial charge in [-0.05, 0) is 61.0 Å². The minimum Gasteiger partial charge on any atom is -0.493 e. The van der Waals surface area contributed by atoms with E-state index in [9.17, 15) is 14.0 Å². The zero-order valence-corrected chi connectivity index (χ0v) is 23.0. The van der Waals surface area contributed by atoms with E-state index in [2.05, 4.69) is 0 Å². The molecule has 2 aliphatic heterocycles. The highest BCUT2D eigenvalue weighted by Crippen LogP contribution is 2.42. The fraction of sp³-hybridized carbons (Fsp3) is 0.267. The first kappa shape index (κ1) is 26.6. The van der Waals surface area contributed by atoms with E-state index in [1.165, 1.54) is 17.8 Å². The fourth-order valence-electron chi connectivity index (χ4n) is 4.77. The number of halogens is 1. The van der Waals surface area contributed by atoms with Crippen molar-refractivity contribution in [2.75, 3.05) is 56.7 Å². The summed E-state index contributed by atoms with van der Waals surface area (Å²) in [5.74, 6) is 0.750. The number of ether oxygens (including phenoxy) is 2. The van der Waals surface area contributed by atoms with E-state index in [1.807, 2.05) is 48.2 Å². The highest BCUT2D eigenvalue weighted by Gasteiger charge is 2.29. The Morgan fingerprint density at radius 2 is 1.77 bits per heavy atom. The predicted molar refractivity (Wildman–Crippen MR) is 152 cm³/mol. The van der Waals surface area contributed by atoms with Gasteiger partial charge in [-0.2, -0.15) is 0 Å². The Morgan fingerprint density at radius 1 is 1.00 bits per heavy atom. The van der Waals surface area contributed by atoms with E-state index < -0.39 is 0 Å². The predicted octanol–water partition coefficient (Wildman–Crippen LogP) is 5.31. The maximum absolute atomic E-state index is 14.2. The molecule has 0 bridgehead atoms. The van der Waals surface area contributed by atoms with E-state index in [0.717, 1.165) is 10.5 Å². The van der Waals surface area contributed by atoms with Crippen molar-refractivity contribution in [1.29, 1.82) is 0 Å². The van der Waals surface area contributed by atoms with Gasteiger partial charge in [-0.25, -0.2) is 4.39 Å². The van der Waals surface area contributed by atoms with E-state index in [-0.39, 0.29) is 17.6 Å². The molecule has 0 aliphatic carbocycles. The van der Waals surface area contributed by atoms with Crippen molar-refractivity contribution < 1.29 is 23.5 Å². The number of anilines is 2. The molecule has 3 aromatic rings. The molecule has 2 aliphatic rings. The quantitative estimate of drug-likeness (QED) is 0.390. The molecule has 0 aromatic heterocycles. The molecule has 0 spiro atoms. The summed E-state index contributed by atoms with van der Waals surface area (Å²) in [6.07, 6.45) is 1.83. The summed E-state index contributed by atoms with van der Waals surface area (Å²) in [6.45, 7) is 4.53. The number of amides is 2. The molecule has 0 saturated carbocycles. The van der Waals surface area contributed by atoms with Crippen molar-refractivity contribution in [3.63, 3.8) is 0 Å². The number of thioether (sulfide) groups is 1. The molecule has 0 radical (unpaired) electrons. The minimum absolute atomic E-state index is 0.0975. The first-order valence-corrected chi connectivity index (χ1v) is 13.6. The number of piperazine rings is 1. The van der Waals surface area contributed by atoms with Crippen LogP contribution in [0.25, 0.3) is 6.08 Å². The number of carbonyl (C=O) groups is 2. The standard InChI is InChI=1S/C30H30FN3O4S/c1-4-38-25-11-9-20(17-26(25)37-3)18-28-30(36)32(2)24-19-21(10-12-27(24)39-28)29(35)34-15-13-33(14-16-34)23-8-6-5-7-22(23)31/h5-12,17-19H,4,13-16H2,1-3H3/b28-18+. The Morgan fingerprint density at radius 3 is 2.49 bits per heavy atom. The molecule has 2 heterocycles. The van der Waals surface area contributed by atoms with Gasteiger partial charge in [-0.15, -0.1) is 0 Å². The Kier molecular flexibility index (Phi) is 7.79. The third-order valence-electron chi connectivity index (χ3n) is 6.85. The van der Waals surface area contributed by atoms with Crippen LogP contribution in [0.1, 0.15) is 22.8 Å². The number of likely N-dealkylation sites (N-methyl/N-ethyl adjacent to an activating group) is 1. The lowest BCUT2D eigenvalue weighted by Crippen LogP contribution is -2.49. The van der Waals surface area contributed by atoms with Crippen LogP contribution in [0.15, 0.2) is 70.5 Å². The highest BCUT2D eigenvalue weighted by atomic mass is 32.2. The monoisotopic (exact) mass is 547 g/mol. The van der Waals surface area contributed by atoms with Gasteiger partial charge in [0.25, 0.3) is 11.8 Å². The average molecular weight is 548 g/mol. The highest BCUT2D eigenvalue weighted by molar-refractivity contribution is 8.04. The maximum Gasteiger partial charge on any atom is 0.264 e. The second-order valence-electron chi connectivity index (χ2n) is 9.23. The topological polar surface area (TPSA) is 62.3 Å². The summed E-state index contributed by atoms with van der Waals surface area (Å²) in [6, 6.07) is 17.7. The molecule has 9 heteroatoms. The molecule has 3 aromatic carbocycles. The van der Waals surface area contributed by atoms with Gasteiger partial charge in [-0.1, -0.05) is 30.0 Å². The van der Waals surface area contributed by atoms with Gasteiger partial charge in [-0.3, -0.25) is 9.59 Å². The van der Waals surface area contributed by atoms with Crippen LogP contribution in [0.4, 0.5) is 15.8 Å². The van der Waals surface area contributed by atoms with Crippen molar-refractivity contribution in [2.24, 2.45) is 0 Å². The molecular formula is C30H30FN3O4S. The van der Waals surface area contributed by atoms with Crippen LogP contribution in [-0.4, -0.2) is 63.7 Å². The summed E-state index contributed by atoms with van der Waals surface area (Å²) in [5, 5.41) is 0. The van der Waals surface area contributed by atoms with Crippen LogP contribution in [0, 0.1) is 5.82 Å². The Bertz CT molecular complexity index is 1440. The normalized spacial score (nSPS) is 16.4. The maximum atomic E-state index is 14.2. The van der Waals surface area contributed by atoms with Crippen LogP contribution in [0.5, 0.6) is 11.5 Å². The molecule has 202 valence electrons. The summed E-state index contributed by atoms with van der Waals surface area (Å²) >= 11 is 1.38. The van der Waals surface area contributed by atoms with Crippen molar-refractivity contribution in [3.8, 4) is 11.5 Å². The molecule has 1 saturated heterocycles. The SMILES string of the molecule is CCOc1ccc(/C=C2/Sc3ccc(C(=O)N4CCN(c5ccccc5F)CC4)cc3N(C)C2=O)cc1OC. The molecule has 0 unspecified atom stereocenters. The molecule has 39 heavy (non-hydrogen) atoms. The number of fused-ring (bicyclic) bond motifs is 1. The van der Waals surface area contributed by atoms with Crippen molar-refractivity contribution in [2.45, 2.75) is 11.8 Å². The molecule has 5 rings (SSSR count). The second-order valence-corrected chi connectivity index (χ2v) is 10.3. The number of methoxy groups -OCH3 is 1. The van der Waals surface area contributed by atoms with Gasteiger partial charge in [0, 0.05) is 43.7 Å². The van der Waals surface area contributed by atoms with Crippen molar-refractivity contribution >= 4 is 41.0 Å². The lowest BCUT2D eigenvalue weighted by molar-refractivity contribution is -0.114. The zero-order valence-electron chi connectivity index (χ0n) is 22.1. The van der Waals surface area contributed by atoms with Crippen LogP contribution in [0.3, 0.4) is 0 Å². The largest absolute Gasteiger partial charge is 0.493 e. The number of rotatable bonds is 6. The number of carbonyl (C=O) groups excluding carboxylic acids is 2. The minimum atomic E-state index is -0.257.